The molecular formula is C20H19N5OS. The fourth-order valence-electron chi connectivity index (χ4n) is 2.49. The van der Waals surface area contributed by atoms with Gasteiger partial charge in [-0.05, 0) is 36.8 Å². The molecule has 1 heterocycles. The average molecular weight is 377 g/mol. The van der Waals surface area contributed by atoms with E-state index in [9.17, 15) is 4.79 Å². The van der Waals surface area contributed by atoms with Crippen molar-refractivity contribution in [3.63, 3.8) is 0 Å². The number of hydrogen-bond donors (Lipinski definition) is 0. The van der Waals surface area contributed by atoms with Gasteiger partial charge in [-0.3, -0.25) is 9.36 Å². The zero-order valence-corrected chi connectivity index (χ0v) is 16.0. The Labute approximate surface area is 162 Å². The van der Waals surface area contributed by atoms with Crippen molar-refractivity contribution in [3.8, 4) is 11.8 Å². The van der Waals surface area contributed by atoms with Gasteiger partial charge in [0.25, 0.3) is 0 Å². The second-order valence-corrected chi connectivity index (χ2v) is 7.11. The second kappa shape index (κ2) is 8.52. The molecule has 0 N–H and O–H groups in total. The van der Waals surface area contributed by atoms with Crippen molar-refractivity contribution in [2.75, 3.05) is 12.8 Å². The number of thioether (sulfide) groups is 1. The van der Waals surface area contributed by atoms with E-state index in [1.165, 1.54) is 17.3 Å². The number of carbonyl (C=O) groups is 1. The topological polar surface area (TPSA) is 74.8 Å². The monoisotopic (exact) mass is 377 g/mol. The molecule has 0 saturated heterocycles. The van der Waals surface area contributed by atoms with E-state index in [0.717, 1.165) is 11.3 Å². The lowest BCUT2D eigenvalue weighted by molar-refractivity contribution is -0.127. The Morgan fingerprint density at radius 1 is 1.19 bits per heavy atom. The van der Waals surface area contributed by atoms with Crippen LogP contribution in [-0.2, 0) is 11.3 Å². The predicted molar refractivity (Wildman–Crippen MR) is 104 cm³/mol. The normalized spacial score (nSPS) is 10.4. The van der Waals surface area contributed by atoms with Crippen LogP contribution in [0.1, 0.15) is 16.7 Å². The molecule has 6 nitrogen and oxygen atoms in total. The summed E-state index contributed by atoms with van der Waals surface area (Å²) in [7, 11) is 1.77. The summed E-state index contributed by atoms with van der Waals surface area (Å²) < 4.78 is 1.87. The van der Waals surface area contributed by atoms with Gasteiger partial charge in [0.1, 0.15) is 6.33 Å². The molecule has 0 atom stereocenters. The second-order valence-electron chi connectivity index (χ2n) is 6.17. The standard InChI is InChI=1S/C20H19N5OS/c1-15-3-9-18(10-4-15)25-14-22-23-20(25)27-13-19(26)24(2)12-17-7-5-16(11-21)6-8-17/h3-10,14H,12-13H2,1-2H3. The zero-order valence-electron chi connectivity index (χ0n) is 15.2. The molecule has 27 heavy (non-hydrogen) atoms. The molecule has 1 aromatic heterocycles. The fraction of sp³-hybridized carbons (Fsp3) is 0.200. The smallest absolute Gasteiger partial charge is 0.233 e. The van der Waals surface area contributed by atoms with E-state index in [1.807, 2.05) is 47.9 Å². The summed E-state index contributed by atoms with van der Waals surface area (Å²) >= 11 is 1.36. The summed E-state index contributed by atoms with van der Waals surface area (Å²) in [5.41, 5.74) is 3.74. The summed E-state index contributed by atoms with van der Waals surface area (Å²) in [5.74, 6) is 0.278. The highest BCUT2D eigenvalue weighted by atomic mass is 32.2. The molecule has 1 amide bonds. The van der Waals surface area contributed by atoms with Crippen molar-refractivity contribution in [1.29, 1.82) is 5.26 Å². The van der Waals surface area contributed by atoms with Crippen LogP contribution in [-0.4, -0.2) is 38.4 Å². The maximum Gasteiger partial charge on any atom is 0.233 e. The molecule has 0 bridgehead atoms. The number of nitrogens with zero attached hydrogens (tertiary/aromatic N) is 5. The van der Waals surface area contributed by atoms with Gasteiger partial charge in [-0.15, -0.1) is 10.2 Å². The Morgan fingerprint density at radius 3 is 2.56 bits per heavy atom. The summed E-state index contributed by atoms with van der Waals surface area (Å²) in [6.07, 6.45) is 1.65. The van der Waals surface area contributed by atoms with Gasteiger partial charge in [-0.2, -0.15) is 5.26 Å². The van der Waals surface area contributed by atoms with E-state index in [2.05, 4.69) is 16.3 Å². The maximum atomic E-state index is 12.5. The zero-order chi connectivity index (χ0) is 19.2. The van der Waals surface area contributed by atoms with Gasteiger partial charge in [0.2, 0.25) is 5.91 Å². The quantitative estimate of drug-likeness (QED) is 0.617. The Bertz CT molecular complexity index is 957. The maximum absolute atomic E-state index is 12.5. The summed E-state index contributed by atoms with van der Waals surface area (Å²) in [6.45, 7) is 2.53. The van der Waals surface area contributed by atoms with Gasteiger partial charge in [-0.1, -0.05) is 41.6 Å². The van der Waals surface area contributed by atoms with Crippen LogP contribution in [0.5, 0.6) is 0 Å². The first kappa shape index (κ1) is 18.7. The van der Waals surface area contributed by atoms with E-state index in [1.54, 1.807) is 30.4 Å². The van der Waals surface area contributed by atoms with Crippen molar-refractivity contribution >= 4 is 17.7 Å². The first-order chi connectivity index (χ1) is 13.1. The Morgan fingerprint density at radius 2 is 1.89 bits per heavy atom. The lowest BCUT2D eigenvalue weighted by atomic mass is 10.1. The van der Waals surface area contributed by atoms with E-state index < -0.39 is 0 Å². The molecule has 2 aromatic carbocycles. The van der Waals surface area contributed by atoms with E-state index in [0.29, 0.717) is 17.3 Å². The van der Waals surface area contributed by atoms with Gasteiger partial charge in [0.15, 0.2) is 5.16 Å². The third-order valence-corrected chi connectivity index (χ3v) is 5.01. The van der Waals surface area contributed by atoms with E-state index >= 15 is 0 Å². The summed E-state index contributed by atoms with van der Waals surface area (Å²) in [6, 6.07) is 17.4. The van der Waals surface area contributed by atoms with Crippen molar-refractivity contribution in [2.24, 2.45) is 0 Å². The number of aromatic nitrogens is 3. The number of hydrogen-bond acceptors (Lipinski definition) is 5. The summed E-state index contributed by atoms with van der Waals surface area (Å²) in [5, 5.41) is 17.6. The number of rotatable bonds is 6. The van der Waals surface area contributed by atoms with Gasteiger partial charge < -0.3 is 4.90 Å². The number of amides is 1. The molecule has 7 heteroatoms. The molecule has 0 saturated carbocycles. The lowest BCUT2D eigenvalue weighted by Crippen LogP contribution is -2.27. The number of benzene rings is 2. The Hall–Kier alpha value is -3.11. The SMILES string of the molecule is Cc1ccc(-n2cnnc2SCC(=O)N(C)Cc2ccc(C#N)cc2)cc1. The predicted octanol–water partition coefficient (Wildman–Crippen LogP) is 3.20. The third-order valence-electron chi connectivity index (χ3n) is 4.08. The van der Waals surface area contributed by atoms with Crippen molar-refractivity contribution < 1.29 is 4.79 Å². The van der Waals surface area contributed by atoms with Crippen LogP contribution in [0.25, 0.3) is 5.69 Å². The lowest BCUT2D eigenvalue weighted by Gasteiger charge is -2.17. The van der Waals surface area contributed by atoms with Crippen LogP contribution in [0.3, 0.4) is 0 Å². The highest BCUT2D eigenvalue weighted by Gasteiger charge is 2.13. The van der Waals surface area contributed by atoms with Crippen LogP contribution < -0.4 is 0 Å². The van der Waals surface area contributed by atoms with Crippen LogP contribution in [0.4, 0.5) is 0 Å². The minimum Gasteiger partial charge on any atom is -0.341 e. The van der Waals surface area contributed by atoms with Gasteiger partial charge in [0.05, 0.1) is 17.4 Å². The molecule has 3 aromatic rings. The van der Waals surface area contributed by atoms with Crippen molar-refractivity contribution in [2.45, 2.75) is 18.6 Å². The summed E-state index contributed by atoms with van der Waals surface area (Å²) in [4.78, 5) is 14.1. The minimum atomic E-state index is 0.00261. The molecule has 0 fully saturated rings. The highest BCUT2D eigenvalue weighted by molar-refractivity contribution is 7.99. The van der Waals surface area contributed by atoms with Crippen molar-refractivity contribution in [1.82, 2.24) is 19.7 Å². The molecule has 0 aliphatic carbocycles. The average Bonchev–Trinajstić information content (AvgIpc) is 3.15. The molecule has 0 spiro atoms. The minimum absolute atomic E-state index is 0.00261. The fourth-order valence-corrected chi connectivity index (χ4v) is 3.36. The van der Waals surface area contributed by atoms with Crippen molar-refractivity contribution in [3.05, 3.63) is 71.5 Å². The molecule has 0 radical (unpaired) electrons. The molecular weight excluding hydrogens is 358 g/mol. The molecule has 0 unspecified atom stereocenters. The van der Waals surface area contributed by atoms with Crippen LogP contribution in [0.2, 0.25) is 0 Å². The largest absolute Gasteiger partial charge is 0.341 e. The highest BCUT2D eigenvalue weighted by Crippen LogP contribution is 2.20. The molecule has 0 aliphatic rings. The Kier molecular flexibility index (Phi) is 5.89. The Balaban J connectivity index is 1.60. The molecule has 136 valence electrons. The van der Waals surface area contributed by atoms with E-state index in [4.69, 9.17) is 5.26 Å². The number of aryl methyl sites for hydroxylation is 1. The third kappa shape index (κ3) is 4.74. The van der Waals surface area contributed by atoms with Gasteiger partial charge >= 0.3 is 0 Å². The van der Waals surface area contributed by atoms with Crippen LogP contribution in [0, 0.1) is 18.3 Å². The van der Waals surface area contributed by atoms with Gasteiger partial charge in [-0.25, -0.2) is 0 Å². The van der Waals surface area contributed by atoms with Crippen LogP contribution >= 0.6 is 11.8 Å². The van der Waals surface area contributed by atoms with E-state index in [-0.39, 0.29) is 11.7 Å². The molecule has 0 aliphatic heterocycles. The molecule has 3 rings (SSSR count). The van der Waals surface area contributed by atoms with Crippen LogP contribution in [0.15, 0.2) is 60.0 Å². The number of carbonyl (C=O) groups excluding carboxylic acids is 1. The van der Waals surface area contributed by atoms with Gasteiger partial charge in [0, 0.05) is 19.3 Å². The first-order valence-corrected chi connectivity index (χ1v) is 9.38. The first-order valence-electron chi connectivity index (χ1n) is 8.39. The number of nitriles is 1.